The second-order valence-corrected chi connectivity index (χ2v) is 7.21. The number of hydrogen-bond donors (Lipinski definition) is 2. The maximum atomic E-state index is 11.9. The van der Waals surface area contributed by atoms with E-state index < -0.39 is 0 Å². The second kappa shape index (κ2) is 7.51. The Morgan fingerprint density at radius 3 is 2.38 bits per heavy atom. The van der Waals surface area contributed by atoms with Gasteiger partial charge in [0.15, 0.2) is 0 Å². The fourth-order valence-electron chi connectivity index (χ4n) is 2.56. The fraction of sp³-hybridized carbons (Fsp3) is 0.474. The first-order chi connectivity index (χ1) is 11.3. The van der Waals surface area contributed by atoms with Crippen LogP contribution in [-0.2, 0) is 12.0 Å². The monoisotopic (exact) mass is 328 g/mol. The first-order valence-corrected chi connectivity index (χ1v) is 8.42. The minimum Gasteiger partial charge on any atom is -0.338 e. The Morgan fingerprint density at radius 1 is 1.17 bits per heavy atom. The van der Waals surface area contributed by atoms with E-state index in [2.05, 4.69) is 54.7 Å². The highest BCUT2D eigenvalue weighted by Gasteiger charge is 2.13. The van der Waals surface area contributed by atoms with Gasteiger partial charge in [0.05, 0.1) is 5.69 Å². The average molecular weight is 328 g/mol. The average Bonchev–Trinajstić information content (AvgIpc) is 2.81. The number of nitrogens with one attached hydrogen (secondary N) is 2. The Kier molecular flexibility index (Phi) is 5.65. The van der Waals surface area contributed by atoms with Crippen LogP contribution >= 0.6 is 0 Å². The van der Waals surface area contributed by atoms with Crippen LogP contribution in [0.25, 0.3) is 0 Å². The van der Waals surface area contributed by atoms with Gasteiger partial charge in [-0.2, -0.15) is 5.10 Å². The molecule has 0 spiro atoms. The Labute approximate surface area is 144 Å². The lowest BCUT2D eigenvalue weighted by Crippen LogP contribution is -2.30. The van der Waals surface area contributed by atoms with Crippen molar-refractivity contribution < 1.29 is 4.79 Å². The van der Waals surface area contributed by atoms with Crippen LogP contribution < -0.4 is 10.6 Å². The minimum absolute atomic E-state index is 0.115. The zero-order valence-electron chi connectivity index (χ0n) is 15.3. The SMILES string of the molecule is Cc1cc(C)n(CCCNC(=O)Nc2ccc(C(C)(C)C)cc2)n1. The molecule has 0 aliphatic heterocycles. The lowest BCUT2D eigenvalue weighted by molar-refractivity contribution is 0.251. The molecule has 0 atom stereocenters. The van der Waals surface area contributed by atoms with Gasteiger partial charge < -0.3 is 10.6 Å². The molecule has 2 rings (SSSR count). The molecular weight excluding hydrogens is 300 g/mol. The van der Waals surface area contributed by atoms with Crippen molar-refractivity contribution in [2.24, 2.45) is 0 Å². The van der Waals surface area contributed by atoms with Gasteiger partial charge in [-0.3, -0.25) is 4.68 Å². The van der Waals surface area contributed by atoms with E-state index in [1.54, 1.807) is 0 Å². The van der Waals surface area contributed by atoms with E-state index in [9.17, 15) is 4.79 Å². The van der Waals surface area contributed by atoms with Crippen LogP contribution in [0.5, 0.6) is 0 Å². The number of urea groups is 1. The first-order valence-electron chi connectivity index (χ1n) is 8.42. The molecule has 2 amide bonds. The van der Waals surface area contributed by atoms with Crippen molar-refractivity contribution in [3.8, 4) is 0 Å². The first kappa shape index (κ1) is 18.0. The number of carbonyl (C=O) groups is 1. The topological polar surface area (TPSA) is 59.0 Å². The molecule has 0 radical (unpaired) electrons. The normalized spacial score (nSPS) is 11.4. The summed E-state index contributed by atoms with van der Waals surface area (Å²) in [4.78, 5) is 11.9. The highest BCUT2D eigenvalue weighted by atomic mass is 16.2. The van der Waals surface area contributed by atoms with Crippen molar-refractivity contribution in [2.75, 3.05) is 11.9 Å². The van der Waals surface area contributed by atoms with Gasteiger partial charge in [0.25, 0.3) is 0 Å². The molecule has 1 aromatic carbocycles. The number of carbonyl (C=O) groups excluding carboxylic acids is 1. The molecule has 0 aliphatic carbocycles. The highest BCUT2D eigenvalue weighted by molar-refractivity contribution is 5.89. The van der Waals surface area contributed by atoms with E-state index in [1.807, 2.05) is 30.7 Å². The van der Waals surface area contributed by atoms with Gasteiger partial charge in [-0.15, -0.1) is 0 Å². The summed E-state index contributed by atoms with van der Waals surface area (Å²) < 4.78 is 1.97. The Hall–Kier alpha value is -2.30. The van der Waals surface area contributed by atoms with Crippen molar-refractivity contribution in [3.63, 3.8) is 0 Å². The molecule has 130 valence electrons. The van der Waals surface area contributed by atoms with Crippen molar-refractivity contribution in [2.45, 2.75) is 53.0 Å². The van der Waals surface area contributed by atoms with Crippen molar-refractivity contribution >= 4 is 11.7 Å². The lowest BCUT2D eigenvalue weighted by Gasteiger charge is -2.19. The van der Waals surface area contributed by atoms with Crippen LogP contribution in [0.1, 0.15) is 44.1 Å². The molecule has 0 unspecified atom stereocenters. The summed E-state index contributed by atoms with van der Waals surface area (Å²) >= 11 is 0. The van der Waals surface area contributed by atoms with Gasteiger partial charge in [0.1, 0.15) is 0 Å². The van der Waals surface area contributed by atoms with E-state index in [0.717, 1.165) is 30.0 Å². The van der Waals surface area contributed by atoms with Crippen molar-refractivity contribution in [1.29, 1.82) is 0 Å². The van der Waals surface area contributed by atoms with E-state index in [1.165, 1.54) is 5.56 Å². The van der Waals surface area contributed by atoms with Crippen LogP contribution in [-0.4, -0.2) is 22.4 Å². The van der Waals surface area contributed by atoms with Gasteiger partial charge >= 0.3 is 6.03 Å². The number of nitrogens with zero attached hydrogens (tertiary/aromatic N) is 2. The van der Waals surface area contributed by atoms with Crippen molar-refractivity contribution in [1.82, 2.24) is 15.1 Å². The summed E-state index contributed by atoms with van der Waals surface area (Å²) in [6, 6.07) is 9.87. The number of amides is 2. The van der Waals surface area contributed by atoms with Crippen LogP contribution in [0, 0.1) is 13.8 Å². The standard InChI is InChI=1S/C19H28N4O/c1-14-13-15(2)23(22-14)12-6-11-20-18(24)21-17-9-7-16(8-10-17)19(3,4)5/h7-10,13H,6,11-12H2,1-5H3,(H2,20,21,24). The van der Waals surface area contributed by atoms with E-state index >= 15 is 0 Å². The summed E-state index contributed by atoms with van der Waals surface area (Å²) in [5, 5.41) is 10.2. The van der Waals surface area contributed by atoms with Gasteiger partial charge in [-0.25, -0.2) is 4.79 Å². The third-order valence-electron chi connectivity index (χ3n) is 3.94. The van der Waals surface area contributed by atoms with Crippen molar-refractivity contribution in [3.05, 3.63) is 47.3 Å². The number of benzene rings is 1. The zero-order chi connectivity index (χ0) is 17.7. The van der Waals surface area contributed by atoms with E-state index in [0.29, 0.717) is 6.54 Å². The molecular formula is C19H28N4O. The molecule has 0 saturated carbocycles. The van der Waals surface area contributed by atoms with Gasteiger partial charge in [-0.1, -0.05) is 32.9 Å². The number of aromatic nitrogens is 2. The summed E-state index contributed by atoms with van der Waals surface area (Å²) in [5.74, 6) is 0. The van der Waals surface area contributed by atoms with Gasteiger partial charge in [0, 0.05) is 24.5 Å². The Morgan fingerprint density at radius 2 is 1.83 bits per heavy atom. The Bertz CT molecular complexity index is 680. The number of anilines is 1. The molecule has 1 aromatic heterocycles. The summed E-state index contributed by atoms with van der Waals surface area (Å²) in [6.45, 7) is 12.0. The maximum Gasteiger partial charge on any atom is 0.319 e. The number of rotatable bonds is 5. The van der Waals surface area contributed by atoms with Gasteiger partial charge in [0.2, 0.25) is 0 Å². The smallest absolute Gasteiger partial charge is 0.319 e. The van der Waals surface area contributed by atoms with E-state index in [-0.39, 0.29) is 11.4 Å². The number of aryl methyl sites for hydroxylation is 3. The van der Waals surface area contributed by atoms with Crippen LogP contribution in [0.3, 0.4) is 0 Å². The lowest BCUT2D eigenvalue weighted by atomic mass is 9.87. The predicted molar refractivity (Wildman–Crippen MR) is 98.5 cm³/mol. The molecule has 0 saturated heterocycles. The molecule has 5 heteroatoms. The second-order valence-electron chi connectivity index (χ2n) is 7.21. The minimum atomic E-state index is -0.174. The van der Waals surface area contributed by atoms with Crippen LogP contribution in [0.2, 0.25) is 0 Å². The van der Waals surface area contributed by atoms with Crippen LogP contribution in [0.4, 0.5) is 10.5 Å². The molecule has 0 bridgehead atoms. The molecule has 24 heavy (non-hydrogen) atoms. The third kappa shape index (κ3) is 5.11. The predicted octanol–water partition coefficient (Wildman–Crippen LogP) is 4.01. The summed E-state index contributed by atoms with van der Waals surface area (Å²) in [6.07, 6.45) is 0.846. The van der Waals surface area contributed by atoms with Gasteiger partial charge in [-0.05, 0) is 49.4 Å². The van der Waals surface area contributed by atoms with E-state index in [4.69, 9.17) is 0 Å². The molecule has 1 heterocycles. The largest absolute Gasteiger partial charge is 0.338 e. The Balaban J connectivity index is 1.74. The fourth-order valence-corrected chi connectivity index (χ4v) is 2.56. The molecule has 0 aliphatic rings. The maximum absolute atomic E-state index is 11.9. The highest BCUT2D eigenvalue weighted by Crippen LogP contribution is 2.23. The quantitative estimate of drug-likeness (QED) is 0.815. The molecule has 2 aromatic rings. The number of hydrogen-bond acceptors (Lipinski definition) is 2. The molecule has 5 nitrogen and oxygen atoms in total. The third-order valence-corrected chi connectivity index (χ3v) is 3.94. The molecule has 2 N–H and O–H groups in total. The summed E-state index contributed by atoms with van der Waals surface area (Å²) in [5.41, 5.74) is 4.34. The van der Waals surface area contributed by atoms with Crippen LogP contribution in [0.15, 0.2) is 30.3 Å². The zero-order valence-corrected chi connectivity index (χ0v) is 15.3. The summed E-state index contributed by atoms with van der Waals surface area (Å²) in [7, 11) is 0. The molecule has 0 fully saturated rings.